The van der Waals surface area contributed by atoms with Gasteiger partial charge >= 0.3 is 0 Å². The molecular formula is C8H17N5S. The molecule has 14 heavy (non-hydrogen) atoms. The van der Waals surface area contributed by atoms with E-state index in [0.29, 0.717) is 5.92 Å². The van der Waals surface area contributed by atoms with E-state index in [0.717, 1.165) is 17.3 Å². The first-order chi connectivity index (χ1) is 6.65. The van der Waals surface area contributed by atoms with Crippen molar-refractivity contribution in [2.45, 2.75) is 31.5 Å². The highest BCUT2D eigenvalue weighted by molar-refractivity contribution is 7.99. The van der Waals surface area contributed by atoms with E-state index < -0.39 is 0 Å². The molecule has 2 atom stereocenters. The maximum absolute atomic E-state index is 6.00. The number of aromatic nitrogens is 4. The van der Waals surface area contributed by atoms with Crippen molar-refractivity contribution in [3.05, 3.63) is 0 Å². The predicted molar refractivity (Wildman–Crippen MR) is 57.0 cm³/mol. The Hall–Kier alpha value is -0.620. The molecule has 80 valence electrons. The van der Waals surface area contributed by atoms with Crippen LogP contribution in [0.1, 0.15) is 20.3 Å². The lowest BCUT2D eigenvalue weighted by Gasteiger charge is -2.16. The molecule has 0 aliphatic carbocycles. The van der Waals surface area contributed by atoms with Gasteiger partial charge in [0.05, 0.1) is 0 Å². The number of hydrogen-bond acceptors (Lipinski definition) is 5. The highest BCUT2D eigenvalue weighted by Crippen LogP contribution is 2.17. The van der Waals surface area contributed by atoms with Crippen LogP contribution in [0.2, 0.25) is 0 Å². The van der Waals surface area contributed by atoms with Crippen LogP contribution in [0.25, 0.3) is 0 Å². The fourth-order valence-electron chi connectivity index (χ4n) is 0.981. The smallest absolute Gasteiger partial charge is 0.209 e. The molecule has 0 spiro atoms. The van der Waals surface area contributed by atoms with Crippen LogP contribution in [0.5, 0.6) is 0 Å². The summed E-state index contributed by atoms with van der Waals surface area (Å²) in [6, 6.07) is 0.210. The van der Waals surface area contributed by atoms with Gasteiger partial charge in [-0.25, -0.2) is 4.68 Å². The maximum atomic E-state index is 6.00. The third-order valence-electron chi connectivity index (χ3n) is 2.36. The molecule has 0 amide bonds. The number of thioether (sulfide) groups is 1. The Morgan fingerprint density at radius 2 is 2.29 bits per heavy atom. The van der Waals surface area contributed by atoms with Gasteiger partial charge in [-0.15, -0.1) is 5.10 Å². The van der Waals surface area contributed by atoms with Gasteiger partial charge in [0.25, 0.3) is 0 Å². The number of aryl methyl sites for hydroxylation is 1. The molecule has 0 saturated carbocycles. The Morgan fingerprint density at radius 3 is 2.79 bits per heavy atom. The van der Waals surface area contributed by atoms with Gasteiger partial charge in [-0.2, -0.15) is 0 Å². The van der Waals surface area contributed by atoms with Crippen molar-refractivity contribution < 1.29 is 0 Å². The van der Waals surface area contributed by atoms with Crippen molar-refractivity contribution in [3.8, 4) is 0 Å². The van der Waals surface area contributed by atoms with E-state index >= 15 is 0 Å². The van der Waals surface area contributed by atoms with Crippen LogP contribution in [0.3, 0.4) is 0 Å². The zero-order valence-electron chi connectivity index (χ0n) is 8.84. The molecule has 0 radical (unpaired) electrons. The summed E-state index contributed by atoms with van der Waals surface area (Å²) in [5.41, 5.74) is 6.00. The standard InChI is InChI=1S/C8H17N5S/c1-4-6(2)7(9)5-14-8-10-11-12-13(8)3/h6-7H,4-5,9H2,1-3H3. The normalized spacial score (nSPS) is 15.4. The van der Waals surface area contributed by atoms with E-state index in [4.69, 9.17) is 5.73 Å². The summed E-state index contributed by atoms with van der Waals surface area (Å²) >= 11 is 1.61. The molecule has 2 N–H and O–H groups in total. The van der Waals surface area contributed by atoms with Crippen LogP contribution in [0.4, 0.5) is 0 Å². The van der Waals surface area contributed by atoms with E-state index in [1.165, 1.54) is 0 Å². The van der Waals surface area contributed by atoms with Crippen LogP contribution in [0, 0.1) is 5.92 Å². The fraction of sp³-hybridized carbons (Fsp3) is 0.875. The van der Waals surface area contributed by atoms with Gasteiger partial charge in [0, 0.05) is 18.8 Å². The third kappa shape index (κ3) is 2.95. The lowest BCUT2D eigenvalue weighted by Crippen LogP contribution is -2.30. The lowest BCUT2D eigenvalue weighted by atomic mass is 10.0. The largest absolute Gasteiger partial charge is 0.327 e. The molecule has 0 bridgehead atoms. The summed E-state index contributed by atoms with van der Waals surface area (Å²) in [5.74, 6) is 1.41. The summed E-state index contributed by atoms with van der Waals surface area (Å²) in [4.78, 5) is 0. The number of nitrogens with zero attached hydrogens (tertiary/aromatic N) is 4. The zero-order chi connectivity index (χ0) is 10.6. The van der Waals surface area contributed by atoms with Gasteiger partial charge < -0.3 is 5.73 Å². The molecule has 1 aromatic heterocycles. The number of tetrazole rings is 1. The molecule has 0 aliphatic heterocycles. The third-order valence-corrected chi connectivity index (χ3v) is 3.52. The van der Waals surface area contributed by atoms with Crippen molar-refractivity contribution in [1.82, 2.24) is 20.2 Å². The quantitative estimate of drug-likeness (QED) is 0.731. The Balaban J connectivity index is 2.37. The average Bonchev–Trinajstić information content (AvgIpc) is 2.59. The monoisotopic (exact) mass is 215 g/mol. The van der Waals surface area contributed by atoms with Gasteiger partial charge in [-0.05, 0) is 16.3 Å². The topological polar surface area (TPSA) is 69.6 Å². The first kappa shape index (κ1) is 11.5. The van der Waals surface area contributed by atoms with Crippen molar-refractivity contribution in [2.24, 2.45) is 18.7 Å². The van der Waals surface area contributed by atoms with Crippen molar-refractivity contribution in [2.75, 3.05) is 5.75 Å². The molecule has 1 aromatic rings. The average molecular weight is 215 g/mol. The molecule has 1 heterocycles. The predicted octanol–water partition coefficient (Wildman–Crippen LogP) is 0.676. The minimum Gasteiger partial charge on any atom is -0.327 e. The Morgan fingerprint density at radius 1 is 1.57 bits per heavy atom. The summed E-state index contributed by atoms with van der Waals surface area (Å²) in [7, 11) is 1.83. The van der Waals surface area contributed by atoms with Crippen LogP contribution >= 0.6 is 11.8 Å². The summed E-state index contributed by atoms with van der Waals surface area (Å²) < 4.78 is 1.66. The SMILES string of the molecule is CCC(C)C(N)CSc1nnnn1C. The van der Waals surface area contributed by atoms with Gasteiger partial charge in [0.1, 0.15) is 0 Å². The van der Waals surface area contributed by atoms with Crippen molar-refractivity contribution in [3.63, 3.8) is 0 Å². The Labute approximate surface area is 88.4 Å². The van der Waals surface area contributed by atoms with Gasteiger partial charge in [-0.3, -0.25) is 0 Å². The minimum absolute atomic E-state index is 0.210. The summed E-state index contributed by atoms with van der Waals surface area (Å²) in [6.45, 7) is 4.32. The molecule has 6 heteroatoms. The molecular weight excluding hydrogens is 198 g/mol. The van der Waals surface area contributed by atoms with Gasteiger partial charge in [0.15, 0.2) is 0 Å². The highest BCUT2D eigenvalue weighted by atomic mass is 32.2. The van der Waals surface area contributed by atoms with Crippen molar-refractivity contribution >= 4 is 11.8 Å². The molecule has 0 aliphatic rings. The maximum Gasteiger partial charge on any atom is 0.209 e. The van der Waals surface area contributed by atoms with E-state index in [1.807, 2.05) is 7.05 Å². The summed E-state index contributed by atoms with van der Waals surface area (Å²) in [5, 5.41) is 12.0. The molecule has 0 saturated heterocycles. The Kier molecular flexibility index (Phi) is 4.34. The van der Waals surface area contributed by atoms with Crippen LogP contribution in [-0.4, -0.2) is 32.0 Å². The minimum atomic E-state index is 0.210. The summed E-state index contributed by atoms with van der Waals surface area (Å²) in [6.07, 6.45) is 1.11. The van der Waals surface area contributed by atoms with E-state index in [-0.39, 0.29) is 6.04 Å². The van der Waals surface area contributed by atoms with Gasteiger partial charge in [-0.1, -0.05) is 32.0 Å². The van der Waals surface area contributed by atoms with Crippen molar-refractivity contribution in [1.29, 1.82) is 0 Å². The molecule has 0 aromatic carbocycles. The number of nitrogens with two attached hydrogens (primary N) is 1. The van der Waals surface area contributed by atoms with E-state index in [9.17, 15) is 0 Å². The van der Waals surface area contributed by atoms with Crippen LogP contribution in [0.15, 0.2) is 5.16 Å². The molecule has 1 rings (SSSR count). The highest BCUT2D eigenvalue weighted by Gasteiger charge is 2.12. The fourth-order valence-corrected chi connectivity index (χ4v) is 1.97. The number of rotatable bonds is 5. The molecule has 0 fully saturated rings. The second kappa shape index (κ2) is 5.31. The van der Waals surface area contributed by atoms with Crippen LogP contribution in [-0.2, 0) is 7.05 Å². The molecule has 2 unspecified atom stereocenters. The number of hydrogen-bond donors (Lipinski definition) is 1. The first-order valence-electron chi connectivity index (χ1n) is 4.75. The Bertz CT molecular complexity index is 274. The van der Waals surface area contributed by atoms with E-state index in [1.54, 1.807) is 16.4 Å². The molecule has 5 nitrogen and oxygen atoms in total. The van der Waals surface area contributed by atoms with E-state index in [2.05, 4.69) is 29.4 Å². The zero-order valence-corrected chi connectivity index (χ0v) is 9.66. The first-order valence-corrected chi connectivity index (χ1v) is 5.74. The lowest BCUT2D eigenvalue weighted by molar-refractivity contribution is 0.475. The van der Waals surface area contributed by atoms with Gasteiger partial charge in [0.2, 0.25) is 5.16 Å². The second-order valence-electron chi connectivity index (χ2n) is 3.45. The van der Waals surface area contributed by atoms with Crippen LogP contribution < -0.4 is 5.73 Å². The second-order valence-corrected chi connectivity index (χ2v) is 4.43.